The molecule has 2 heteroatoms. The molecule has 0 amide bonds. The van der Waals surface area contributed by atoms with E-state index in [1.165, 1.54) is 11.1 Å². The number of phenols is 1. The Kier molecular flexibility index (Phi) is 4.99. The maximum absolute atomic E-state index is 9.73. The zero-order chi connectivity index (χ0) is 13.5. The smallest absolute Gasteiger partial charge is 0.120 e. The number of hydrogen-bond acceptors (Lipinski definition) is 2. The van der Waals surface area contributed by atoms with Crippen LogP contribution in [0.25, 0.3) is 0 Å². The zero-order valence-electron chi connectivity index (χ0n) is 11.4. The fraction of sp³-hybridized carbons (Fsp3) is 0.294. The van der Waals surface area contributed by atoms with E-state index < -0.39 is 0 Å². The number of nitrogens with one attached hydrogen (secondary N) is 1. The average Bonchev–Trinajstić information content (AvgIpc) is 2.43. The van der Waals surface area contributed by atoms with E-state index in [2.05, 4.69) is 29.6 Å². The van der Waals surface area contributed by atoms with Crippen molar-refractivity contribution in [3.8, 4) is 5.75 Å². The minimum Gasteiger partial charge on any atom is -0.508 e. The summed E-state index contributed by atoms with van der Waals surface area (Å²) in [6.45, 7) is 3.73. The summed E-state index contributed by atoms with van der Waals surface area (Å²) in [5.41, 5.74) is 3.53. The number of rotatable bonds is 6. The molecule has 2 N–H and O–H groups in total. The van der Waals surface area contributed by atoms with Crippen molar-refractivity contribution in [3.05, 3.63) is 65.2 Å². The standard InChI is InChI=1S/C17H21NO/c1-14-9-10-17(19)16(12-14)13-18-11-5-8-15-6-3-2-4-7-15/h2-4,6-7,9-10,12,18-19H,5,8,11,13H2,1H3. The highest BCUT2D eigenvalue weighted by Crippen LogP contribution is 2.17. The van der Waals surface area contributed by atoms with Gasteiger partial charge in [-0.3, -0.25) is 0 Å². The van der Waals surface area contributed by atoms with Gasteiger partial charge in [-0.2, -0.15) is 0 Å². The van der Waals surface area contributed by atoms with Gasteiger partial charge in [0.25, 0.3) is 0 Å². The maximum atomic E-state index is 9.73. The van der Waals surface area contributed by atoms with E-state index in [4.69, 9.17) is 0 Å². The molecule has 0 spiro atoms. The third-order valence-electron chi connectivity index (χ3n) is 3.21. The second-order valence-corrected chi connectivity index (χ2v) is 4.90. The Balaban J connectivity index is 1.71. The Morgan fingerprint density at radius 3 is 2.63 bits per heavy atom. The molecule has 2 aromatic carbocycles. The van der Waals surface area contributed by atoms with Crippen LogP contribution in [0.4, 0.5) is 0 Å². The Morgan fingerprint density at radius 1 is 1.05 bits per heavy atom. The Hall–Kier alpha value is -1.80. The van der Waals surface area contributed by atoms with E-state index in [0.29, 0.717) is 5.75 Å². The molecule has 0 aliphatic heterocycles. The van der Waals surface area contributed by atoms with Crippen LogP contribution in [0.15, 0.2) is 48.5 Å². The summed E-state index contributed by atoms with van der Waals surface area (Å²) in [6.07, 6.45) is 2.20. The van der Waals surface area contributed by atoms with Crippen LogP contribution in [0.3, 0.4) is 0 Å². The van der Waals surface area contributed by atoms with Crippen LogP contribution >= 0.6 is 0 Å². The number of aryl methyl sites for hydroxylation is 2. The van der Waals surface area contributed by atoms with E-state index in [-0.39, 0.29) is 0 Å². The Morgan fingerprint density at radius 2 is 1.84 bits per heavy atom. The van der Waals surface area contributed by atoms with Crippen LogP contribution in [0.2, 0.25) is 0 Å². The van der Waals surface area contributed by atoms with Gasteiger partial charge in [0.2, 0.25) is 0 Å². The van der Waals surface area contributed by atoms with Gasteiger partial charge < -0.3 is 10.4 Å². The van der Waals surface area contributed by atoms with Gasteiger partial charge >= 0.3 is 0 Å². The topological polar surface area (TPSA) is 32.3 Å². The van der Waals surface area contributed by atoms with Crippen molar-refractivity contribution in [2.75, 3.05) is 6.54 Å². The fourth-order valence-electron chi connectivity index (χ4n) is 2.14. The van der Waals surface area contributed by atoms with E-state index >= 15 is 0 Å². The molecule has 0 radical (unpaired) electrons. The van der Waals surface area contributed by atoms with Gasteiger partial charge in [-0.05, 0) is 37.9 Å². The van der Waals surface area contributed by atoms with Crippen molar-refractivity contribution in [2.45, 2.75) is 26.3 Å². The summed E-state index contributed by atoms with van der Waals surface area (Å²) >= 11 is 0. The van der Waals surface area contributed by atoms with Crippen molar-refractivity contribution >= 4 is 0 Å². The summed E-state index contributed by atoms with van der Waals surface area (Å²) in [5, 5.41) is 13.1. The highest BCUT2D eigenvalue weighted by Gasteiger charge is 2.00. The normalized spacial score (nSPS) is 10.6. The monoisotopic (exact) mass is 255 g/mol. The number of hydrogen-bond donors (Lipinski definition) is 2. The van der Waals surface area contributed by atoms with Gasteiger partial charge in [0.05, 0.1) is 0 Å². The molecule has 0 aromatic heterocycles. The van der Waals surface area contributed by atoms with E-state index in [1.807, 2.05) is 25.1 Å². The van der Waals surface area contributed by atoms with Gasteiger partial charge in [0, 0.05) is 12.1 Å². The molecule has 2 rings (SSSR count). The minimum atomic E-state index is 0.376. The first-order valence-corrected chi connectivity index (χ1v) is 6.79. The molecule has 100 valence electrons. The van der Waals surface area contributed by atoms with Crippen LogP contribution in [-0.4, -0.2) is 11.7 Å². The molecular weight excluding hydrogens is 234 g/mol. The lowest BCUT2D eigenvalue weighted by Crippen LogP contribution is -2.15. The van der Waals surface area contributed by atoms with Crippen molar-refractivity contribution in [2.24, 2.45) is 0 Å². The van der Waals surface area contributed by atoms with Gasteiger partial charge in [-0.1, -0.05) is 48.0 Å². The summed E-state index contributed by atoms with van der Waals surface area (Å²) in [5.74, 6) is 0.376. The first kappa shape index (κ1) is 13.6. The van der Waals surface area contributed by atoms with Crippen LogP contribution in [0, 0.1) is 6.92 Å². The van der Waals surface area contributed by atoms with E-state index in [0.717, 1.165) is 31.5 Å². The number of aromatic hydroxyl groups is 1. The fourth-order valence-corrected chi connectivity index (χ4v) is 2.14. The maximum Gasteiger partial charge on any atom is 0.120 e. The molecular formula is C17H21NO. The first-order chi connectivity index (χ1) is 9.25. The van der Waals surface area contributed by atoms with Gasteiger partial charge in [-0.25, -0.2) is 0 Å². The van der Waals surface area contributed by atoms with Gasteiger partial charge in [-0.15, -0.1) is 0 Å². The van der Waals surface area contributed by atoms with Crippen LogP contribution < -0.4 is 5.32 Å². The molecule has 0 atom stereocenters. The second-order valence-electron chi connectivity index (χ2n) is 4.90. The molecule has 19 heavy (non-hydrogen) atoms. The minimum absolute atomic E-state index is 0.376. The van der Waals surface area contributed by atoms with E-state index in [9.17, 15) is 5.11 Å². The summed E-state index contributed by atoms with van der Waals surface area (Å²) in [7, 11) is 0. The zero-order valence-corrected chi connectivity index (χ0v) is 11.4. The lowest BCUT2D eigenvalue weighted by molar-refractivity contribution is 0.464. The SMILES string of the molecule is Cc1ccc(O)c(CNCCCc2ccccc2)c1. The molecule has 0 unspecified atom stereocenters. The summed E-state index contributed by atoms with van der Waals surface area (Å²) in [4.78, 5) is 0. The Labute approximate surface area is 115 Å². The molecule has 0 heterocycles. The summed E-state index contributed by atoms with van der Waals surface area (Å²) < 4.78 is 0. The second kappa shape index (κ2) is 6.95. The number of phenolic OH excluding ortho intramolecular Hbond substituents is 1. The van der Waals surface area contributed by atoms with Crippen LogP contribution in [0.5, 0.6) is 5.75 Å². The molecule has 0 aliphatic rings. The molecule has 0 fully saturated rings. The van der Waals surface area contributed by atoms with Gasteiger partial charge in [0.15, 0.2) is 0 Å². The van der Waals surface area contributed by atoms with Crippen molar-refractivity contribution in [1.29, 1.82) is 0 Å². The molecule has 0 bridgehead atoms. The van der Waals surface area contributed by atoms with Crippen LogP contribution in [0.1, 0.15) is 23.1 Å². The van der Waals surface area contributed by atoms with E-state index in [1.54, 1.807) is 6.07 Å². The Bertz CT molecular complexity index is 508. The number of benzene rings is 2. The van der Waals surface area contributed by atoms with Crippen molar-refractivity contribution in [1.82, 2.24) is 5.32 Å². The lowest BCUT2D eigenvalue weighted by Gasteiger charge is -2.08. The predicted octanol–water partition coefficient (Wildman–Crippen LogP) is 3.42. The lowest BCUT2D eigenvalue weighted by atomic mass is 10.1. The molecule has 2 aromatic rings. The molecule has 2 nitrogen and oxygen atoms in total. The average molecular weight is 255 g/mol. The quantitative estimate of drug-likeness (QED) is 0.775. The third-order valence-corrected chi connectivity index (χ3v) is 3.21. The van der Waals surface area contributed by atoms with Crippen molar-refractivity contribution < 1.29 is 5.11 Å². The molecule has 0 saturated carbocycles. The summed E-state index contributed by atoms with van der Waals surface area (Å²) in [6, 6.07) is 16.2. The first-order valence-electron chi connectivity index (χ1n) is 6.79. The van der Waals surface area contributed by atoms with Crippen molar-refractivity contribution in [3.63, 3.8) is 0 Å². The largest absolute Gasteiger partial charge is 0.508 e. The highest BCUT2D eigenvalue weighted by atomic mass is 16.3. The molecule has 0 aliphatic carbocycles. The third kappa shape index (κ3) is 4.42. The highest BCUT2D eigenvalue weighted by molar-refractivity contribution is 5.35. The predicted molar refractivity (Wildman–Crippen MR) is 79.3 cm³/mol. The van der Waals surface area contributed by atoms with Gasteiger partial charge in [0.1, 0.15) is 5.75 Å². The van der Waals surface area contributed by atoms with Crippen LogP contribution in [-0.2, 0) is 13.0 Å². The molecule has 0 saturated heterocycles.